The lowest BCUT2D eigenvalue weighted by Gasteiger charge is -2.27. The van der Waals surface area contributed by atoms with Gasteiger partial charge in [0.25, 0.3) is 0 Å². The Morgan fingerprint density at radius 3 is 2.61 bits per heavy atom. The van der Waals surface area contributed by atoms with Crippen molar-refractivity contribution in [1.29, 1.82) is 0 Å². The van der Waals surface area contributed by atoms with Crippen LogP contribution in [0.4, 0.5) is 10.1 Å². The van der Waals surface area contributed by atoms with Gasteiger partial charge in [-0.1, -0.05) is 36.4 Å². The van der Waals surface area contributed by atoms with Crippen LogP contribution in [0, 0.1) is 5.82 Å². The van der Waals surface area contributed by atoms with Gasteiger partial charge in [-0.05, 0) is 37.2 Å². The average Bonchev–Trinajstić information content (AvgIpc) is 2.53. The van der Waals surface area contributed by atoms with Gasteiger partial charge in [-0.25, -0.2) is 4.39 Å². The first kappa shape index (κ1) is 17.1. The minimum atomic E-state index is -0.390. The highest BCUT2D eigenvalue weighted by atomic mass is 19.1. The van der Waals surface area contributed by atoms with E-state index in [0.29, 0.717) is 12.1 Å². The van der Waals surface area contributed by atoms with Gasteiger partial charge in [-0.2, -0.15) is 0 Å². The number of benzene rings is 2. The van der Waals surface area contributed by atoms with Crippen LogP contribution in [0.3, 0.4) is 0 Å². The van der Waals surface area contributed by atoms with Gasteiger partial charge in [-0.15, -0.1) is 0 Å². The first-order chi connectivity index (χ1) is 11.1. The van der Waals surface area contributed by atoms with Crippen molar-refractivity contribution in [2.75, 3.05) is 25.5 Å². The quantitative estimate of drug-likeness (QED) is 0.826. The molecule has 2 N–H and O–H groups in total. The Balaban J connectivity index is 2.00. The van der Waals surface area contributed by atoms with Crippen LogP contribution in [0.5, 0.6) is 0 Å². The summed E-state index contributed by atoms with van der Waals surface area (Å²) in [4.78, 5) is 14.0. The van der Waals surface area contributed by atoms with Crippen molar-refractivity contribution in [2.45, 2.75) is 12.5 Å². The molecule has 122 valence electrons. The molecular formula is C18H21FN2O2. The van der Waals surface area contributed by atoms with Gasteiger partial charge < -0.3 is 10.4 Å². The second-order valence-electron chi connectivity index (χ2n) is 5.41. The van der Waals surface area contributed by atoms with Crippen molar-refractivity contribution in [1.82, 2.24) is 4.90 Å². The molecule has 0 fully saturated rings. The molecule has 0 spiro atoms. The number of halogens is 1. The summed E-state index contributed by atoms with van der Waals surface area (Å²) in [7, 11) is 1.83. The zero-order valence-corrected chi connectivity index (χ0v) is 13.1. The van der Waals surface area contributed by atoms with Gasteiger partial charge in [0.2, 0.25) is 5.91 Å². The topological polar surface area (TPSA) is 52.6 Å². The first-order valence-corrected chi connectivity index (χ1v) is 7.51. The maximum atomic E-state index is 13.1. The summed E-state index contributed by atoms with van der Waals surface area (Å²) in [5, 5.41) is 12.0. The second kappa shape index (κ2) is 8.41. The Hall–Kier alpha value is -2.24. The fraction of sp³-hybridized carbons (Fsp3) is 0.278. The predicted octanol–water partition coefficient (Wildman–Crippen LogP) is 2.82. The lowest BCUT2D eigenvalue weighted by molar-refractivity contribution is -0.117. The second-order valence-corrected chi connectivity index (χ2v) is 5.41. The molecule has 0 bridgehead atoms. The van der Waals surface area contributed by atoms with E-state index in [-0.39, 0.29) is 25.1 Å². The molecular weight excluding hydrogens is 295 g/mol. The minimum absolute atomic E-state index is 0.0371. The molecule has 2 rings (SSSR count). The van der Waals surface area contributed by atoms with Crippen LogP contribution in [0.25, 0.3) is 0 Å². The van der Waals surface area contributed by atoms with E-state index < -0.39 is 5.82 Å². The van der Waals surface area contributed by atoms with E-state index in [2.05, 4.69) is 5.32 Å². The van der Waals surface area contributed by atoms with Crippen molar-refractivity contribution in [3.05, 3.63) is 66.0 Å². The Bertz CT molecular complexity index is 634. The van der Waals surface area contributed by atoms with Gasteiger partial charge in [0.1, 0.15) is 5.82 Å². The summed E-state index contributed by atoms with van der Waals surface area (Å²) >= 11 is 0. The third-order valence-corrected chi connectivity index (χ3v) is 3.62. The molecule has 23 heavy (non-hydrogen) atoms. The lowest BCUT2D eigenvalue weighted by atomic mass is 10.0. The molecule has 1 unspecified atom stereocenters. The molecule has 2 aromatic carbocycles. The summed E-state index contributed by atoms with van der Waals surface area (Å²) in [6, 6.07) is 15.5. The summed E-state index contributed by atoms with van der Waals surface area (Å²) < 4.78 is 13.1. The Kier molecular flexibility index (Phi) is 6.26. The number of hydrogen-bond acceptors (Lipinski definition) is 3. The van der Waals surface area contributed by atoms with Crippen molar-refractivity contribution in [3.63, 3.8) is 0 Å². The maximum absolute atomic E-state index is 13.1. The smallest absolute Gasteiger partial charge is 0.238 e. The highest BCUT2D eigenvalue weighted by Crippen LogP contribution is 2.22. The normalized spacial score (nSPS) is 12.2. The monoisotopic (exact) mass is 316 g/mol. The average molecular weight is 316 g/mol. The van der Waals surface area contributed by atoms with Crippen LogP contribution in [0.15, 0.2) is 54.6 Å². The van der Waals surface area contributed by atoms with Gasteiger partial charge in [0.05, 0.1) is 6.54 Å². The van der Waals surface area contributed by atoms with E-state index in [0.717, 1.165) is 5.56 Å². The van der Waals surface area contributed by atoms with Crippen molar-refractivity contribution in [3.8, 4) is 0 Å². The minimum Gasteiger partial charge on any atom is -0.396 e. The highest BCUT2D eigenvalue weighted by Gasteiger charge is 2.18. The summed E-state index contributed by atoms with van der Waals surface area (Å²) in [5.74, 6) is -0.615. The number of carbonyl (C=O) groups is 1. The number of aliphatic hydroxyl groups is 1. The molecule has 4 nitrogen and oxygen atoms in total. The van der Waals surface area contributed by atoms with Gasteiger partial charge in [0, 0.05) is 18.3 Å². The molecule has 0 aliphatic carbocycles. The lowest BCUT2D eigenvalue weighted by Crippen LogP contribution is -2.33. The summed E-state index contributed by atoms with van der Waals surface area (Å²) in [5.41, 5.74) is 1.48. The fourth-order valence-electron chi connectivity index (χ4n) is 2.54. The Morgan fingerprint density at radius 1 is 1.22 bits per heavy atom. The molecule has 0 aromatic heterocycles. The van der Waals surface area contributed by atoms with E-state index in [1.54, 1.807) is 12.1 Å². The maximum Gasteiger partial charge on any atom is 0.238 e. The number of amides is 1. The van der Waals surface area contributed by atoms with E-state index in [9.17, 15) is 14.3 Å². The number of nitrogens with zero attached hydrogens (tertiary/aromatic N) is 1. The molecule has 1 amide bonds. The van der Waals surface area contributed by atoms with Crippen molar-refractivity contribution in [2.24, 2.45) is 0 Å². The molecule has 0 saturated carbocycles. The van der Waals surface area contributed by atoms with Gasteiger partial charge >= 0.3 is 0 Å². The first-order valence-electron chi connectivity index (χ1n) is 7.51. The van der Waals surface area contributed by atoms with Crippen molar-refractivity contribution >= 4 is 11.6 Å². The number of nitrogens with one attached hydrogen (secondary N) is 1. The molecule has 0 heterocycles. The van der Waals surface area contributed by atoms with Crippen LogP contribution in [0.2, 0.25) is 0 Å². The van der Waals surface area contributed by atoms with Gasteiger partial charge in [0.15, 0.2) is 0 Å². The molecule has 0 aliphatic rings. The third kappa shape index (κ3) is 5.16. The van der Waals surface area contributed by atoms with E-state index in [1.807, 2.05) is 42.3 Å². The largest absolute Gasteiger partial charge is 0.396 e. The van der Waals surface area contributed by atoms with Crippen LogP contribution in [-0.4, -0.2) is 36.1 Å². The van der Waals surface area contributed by atoms with E-state index in [1.165, 1.54) is 12.1 Å². The summed E-state index contributed by atoms with van der Waals surface area (Å²) in [6.45, 7) is 0.186. The SMILES string of the molecule is CN(CC(=O)Nc1cccc(F)c1)C(CCO)c1ccccc1. The molecule has 0 saturated heterocycles. The van der Waals surface area contributed by atoms with Crippen LogP contribution >= 0.6 is 0 Å². The number of hydrogen-bond donors (Lipinski definition) is 2. The van der Waals surface area contributed by atoms with E-state index in [4.69, 9.17) is 0 Å². The molecule has 0 aliphatic heterocycles. The number of likely N-dealkylation sites (N-methyl/N-ethyl adjacent to an activating group) is 1. The predicted molar refractivity (Wildman–Crippen MR) is 88.5 cm³/mol. The number of carbonyl (C=O) groups excluding carboxylic acids is 1. The molecule has 2 aromatic rings. The zero-order valence-electron chi connectivity index (χ0n) is 13.1. The van der Waals surface area contributed by atoms with Crippen molar-refractivity contribution < 1.29 is 14.3 Å². The third-order valence-electron chi connectivity index (χ3n) is 3.62. The fourth-order valence-corrected chi connectivity index (χ4v) is 2.54. The highest BCUT2D eigenvalue weighted by molar-refractivity contribution is 5.92. The number of aliphatic hydroxyl groups excluding tert-OH is 1. The van der Waals surface area contributed by atoms with Crippen LogP contribution in [0.1, 0.15) is 18.0 Å². The van der Waals surface area contributed by atoms with Gasteiger partial charge in [-0.3, -0.25) is 9.69 Å². The number of anilines is 1. The molecule has 1 atom stereocenters. The zero-order chi connectivity index (χ0) is 16.7. The Morgan fingerprint density at radius 2 is 1.96 bits per heavy atom. The Labute approximate surface area is 135 Å². The number of rotatable bonds is 7. The standard InChI is InChI=1S/C18H21FN2O2/c1-21(17(10-11-22)14-6-3-2-4-7-14)13-18(23)20-16-9-5-8-15(19)12-16/h2-9,12,17,22H,10-11,13H2,1H3,(H,20,23). The van der Waals surface area contributed by atoms with E-state index >= 15 is 0 Å². The summed E-state index contributed by atoms with van der Waals surface area (Å²) in [6.07, 6.45) is 0.535. The molecule has 5 heteroatoms. The van der Waals surface area contributed by atoms with Crippen LogP contribution < -0.4 is 5.32 Å². The molecule has 0 radical (unpaired) electrons. The van der Waals surface area contributed by atoms with Crippen LogP contribution in [-0.2, 0) is 4.79 Å².